The standard InChI is InChI=1S/C18H22N4O2/c1-12(2)17-15(11-22(3)20-17)18-19-16(24-21-18)9-8-13-6-5-7-14(10-13)23-4/h5-7,10-12H,8-9H2,1-4H3. The van der Waals surface area contributed by atoms with Crippen LogP contribution < -0.4 is 4.74 Å². The largest absolute Gasteiger partial charge is 0.497 e. The third-order valence-corrected chi connectivity index (χ3v) is 3.87. The molecule has 0 unspecified atom stereocenters. The van der Waals surface area contributed by atoms with Crippen molar-refractivity contribution in [3.8, 4) is 17.1 Å². The Bertz CT molecular complexity index is 820. The van der Waals surface area contributed by atoms with Crippen molar-refractivity contribution in [3.05, 3.63) is 47.6 Å². The van der Waals surface area contributed by atoms with Crippen LogP contribution in [-0.4, -0.2) is 27.0 Å². The van der Waals surface area contributed by atoms with E-state index in [9.17, 15) is 0 Å². The maximum absolute atomic E-state index is 5.41. The van der Waals surface area contributed by atoms with E-state index in [4.69, 9.17) is 9.26 Å². The number of nitrogens with zero attached hydrogens (tertiary/aromatic N) is 4. The summed E-state index contributed by atoms with van der Waals surface area (Å²) in [6, 6.07) is 8.01. The second-order valence-corrected chi connectivity index (χ2v) is 6.12. The quantitative estimate of drug-likeness (QED) is 0.694. The van der Waals surface area contributed by atoms with E-state index in [1.54, 1.807) is 11.8 Å². The number of methoxy groups -OCH3 is 1. The van der Waals surface area contributed by atoms with E-state index in [0.717, 1.165) is 23.4 Å². The molecule has 0 N–H and O–H groups in total. The van der Waals surface area contributed by atoms with Gasteiger partial charge in [0.2, 0.25) is 11.7 Å². The number of benzene rings is 1. The van der Waals surface area contributed by atoms with Gasteiger partial charge >= 0.3 is 0 Å². The van der Waals surface area contributed by atoms with Crippen LogP contribution in [0.2, 0.25) is 0 Å². The molecule has 0 saturated carbocycles. The first-order valence-corrected chi connectivity index (χ1v) is 8.06. The van der Waals surface area contributed by atoms with Gasteiger partial charge in [-0.3, -0.25) is 4.68 Å². The van der Waals surface area contributed by atoms with E-state index in [1.807, 2.05) is 31.4 Å². The minimum absolute atomic E-state index is 0.305. The molecule has 0 amide bonds. The van der Waals surface area contributed by atoms with Crippen LogP contribution in [0.25, 0.3) is 11.4 Å². The average molecular weight is 326 g/mol. The Morgan fingerprint density at radius 3 is 2.83 bits per heavy atom. The molecule has 126 valence electrons. The maximum atomic E-state index is 5.41. The molecule has 0 aliphatic carbocycles. The Morgan fingerprint density at radius 1 is 1.25 bits per heavy atom. The van der Waals surface area contributed by atoms with Crippen LogP contribution in [0.1, 0.15) is 36.9 Å². The lowest BCUT2D eigenvalue weighted by Crippen LogP contribution is -1.95. The SMILES string of the molecule is COc1cccc(CCc2nc(-c3cn(C)nc3C(C)C)no2)c1. The van der Waals surface area contributed by atoms with Crippen LogP contribution >= 0.6 is 0 Å². The van der Waals surface area contributed by atoms with Gasteiger partial charge in [-0.15, -0.1) is 0 Å². The monoisotopic (exact) mass is 326 g/mol. The van der Waals surface area contributed by atoms with E-state index < -0.39 is 0 Å². The predicted octanol–water partition coefficient (Wildman–Crippen LogP) is 3.39. The molecular formula is C18H22N4O2. The molecule has 0 saturated heterocycles. The van der Waals surface area contributed by atoms with E-state index in [-0.39, 0.29) is 0 Å². The van der Waals surface area contributed by atoms with Gasteiger partial charge in [-0.25, -0.2) is 0 Å². The Labute approximate surface area is 141 Å². The van der Waals surface area contributed by atoms with Crippen molar-refractivity contribution in [3.63, 3.8) is 0 Å². The van der Waals surface area contributed by atoms with Gasteiger partial charge in [-0.05, 0) is 30.0 Å². The van der Waals surface area contributed by atoms with Gasteiger partial charge in [0.15, 0.2) is 0 Å². The Balaban J connectivity index is 1.74. The zero-order valence-corrected chi connectivity index (χ0v) is 14.5. The number of aryl methyl sites for hydroxylation is 3. The van der Waals surface area contributed by atoms with Gasteiger partial charge < -0.3 is 9.26 Å². The fourth-order valence-corrected chi connectivity index (χ4v) is 2.65. The second-order valence-electron chi connectivity index (χ2n) is 6.12. The maximum Gasteiger partial charge on any atom is 0.227 e. The Morgan fingerprint density at radius 2 is 2.08 bits per heavy atom. The molecule has 3 aromatic rings. The molecule has 0 radical (unpaired) electrons. The van der Waals surface area contributed by atoms with E-state index >= 15 is 0 Å². The average Bonchev–Trinajstić information content (AvgIpc) is 3.19. The van der Waals surface area contributed by atoms with Crippen molar-refractivity contribution in [2.75, 3.05) is 7.11 Å². The number of hydrogen-bond donors (Lipinski definition) is 0. The summed E-state index contributed by atoms with van der Waals surface area (Å²) in [4.78, 5) is 4.53. The van der Waals surface area contributed by atoms with Gasteiger partial charge in [0.1, 0.15) is 5.75 Å². The summed E-state index contributed by atoms with van der Waals surface area (Å²) >= 11 is 0. The summed E-state index contributed by atoms with van der Waals surface area (Å²) in [6.07, 6.45) is 3.45. The normalized spacial score (nSPS) is 11.2. The molecule has 6 heteroatoms. The summed E-state index contributed by atoms with van der Waals surface area (Å²) in [5.41, 5.74) is 3.10. The van der Waals surface area contributed by atoms with Gasteiger partial charge in [-0.2, -0.15) is 10.1 Å². The molecule has 1 aromatic carbocycles. The third kappa shape index (κ3) is 3.48. The summed E-state index contributed by atoms with van der Waals surface area (Å²) in [7, 11) is 3.57. The molecule has 0 bridgehead atoms. The van der Waals surface area contributed by atoms with Crippen LogP contribution in [0.15, 0.2) is 35.0 Å². The summed E-state index contributed by atoms with van der Waals surface area (Å²) < 4.78 is 12.4. The predicted molar refractivity (Wildman–Crippen MR) is 91.0 cm³/mol. The van der Waals surface area contributed by atoms with Crippen molar-refractivity contribution < 1.29 is 9.26 Å². The van der Waals surface area contributed by atoms with E-state index in [2.05, 4.69) is 35.2 Å². The van der Waals surface area contributed by atoms with Crippen LogP contribution in [0, 0.1) is 0 Å². The van der Waals surface area contributed by atoms with E-state index in [0.29, 0.717) is 24.1 Å². The van der Waals surface area contributed by atoms with Gasteiger partial charge in [0.25, 0.3) is 0 Å². The van der Waals surface area contributed by atoms with E-state index in [1.165, 1.54) is 5.56 Å². The summed E-state index contributed by atoms with van der Waals surface area (Å²) in [5.74, 6) is 2.40. The van der Waals surface area contributed by atoms with Gasteiger partial charge in [-0.1, -0.05) is 31.1 Å². The Kier molecular flexibility index (Phi) is 4.64. The number of ether oxygens (including phenoxy) is 1. The van der Waals surface area contributed by atoms with Crippen molar-refractivity contribution in [1.82, 2.24) is 19.9 Å². The number of aromatic nitrogens is 4. The molecule has 0 aliphatic rings. The Hall–Kier alpha value is -2.63. The molecule has 2 heterocycles. The summed E-state index contributed by atoms with van der Waals surface area (Å²) in [5, 5.41) is 8.61. The fourth-order valence-electron chi connectivity index (χ4n) is 2.65. The lowest BCUT2D eigenvalue weighted by atomic mass is 10.1. The lowest BCUT2D eigenvalue weighted by Gasteiger charge is -2.02. The van der Waals surface area contributed by atoms with Crippen LogP contribution in [0.4, 0.5) is 0 Å². The van der Waals surface area contributed by atoms with Crippen molar-refractivity contribution in [2.24, 2.45) is 7.05 Å². The zero-order chi connectivity index (χ0) is 17.1. The molecule has 6 nitrogen and oxygen atoms in total. The first kappa shape index (κ1) is 16.2. The van der Waals surface area contributed by atoms with Crippen molar-refractivity contribution in [2.45, 2.75) is 32.6 Å². The third-order valence-electron chi connectivity index (χ3n) is 3.87. The first-order chi connectivity index (χ1) is 11.6. The molecule has 0 fully saturated rings. The zero-order valence-electron chi connectivity index (χ0n) is 14.5. The highest BCUT2D eigenvalue weighted by Gasteiger charge is 2.18. The highest BCUT2D eigenvalue weighted by atomic mass is 16.5. The number of hydrogen-bond acceptors (Lipinski definition) is 5. The topological polar surface area (TPSA) is 66.0 Å². The molecule has 24 heavy (non-hydrogen) atoms. The highest BCUT2D eigenvalue weighted by molar-refractivity contribution is 5.57. The minimum atomic E-state index is 0.305. The van der Waals surface area contributed by atoms with Crippen LogP contribution in [0.3, 0.4) is 0 Å². The van der Waals surface area contributed by atoms with Crippen LogP contribution in [0.5, 0.6) is 5.75 Å². The molecule has 0 aliphatic heterocycles. The molecule has 0 atom stereocenters. The fraction of sp³-hybridized carbons (Fsp3) is 0.389. The molecule has 3 rings (SSSR count). The number of rotatable bonds is 6. The lowest BCUT2D eigenvalue weighted by molar-refractivity contribution is 0.378. The van der Waals surface area contributed by atoms with Crippen molar-refractivity contribution in [1.29, 1.82) is 0 Å². The second kappa shape index (κ2) is 6.86. The summed E-state index contributed by atoms with van der Waals surface area (Å²) in [6.45, 7) is 4.21. The van der Waals surface area contributed by atoms with Crippen molar-refractivity contribution >= 4 is 0 Å². The minimum Gasteiger partial charge on any atom is -0.497 e. The molecule has 2 aromatic heterocycles. The van der Waals surface area contributed by atoms with Gasteiger partial charge in [0, 0.05) is 19.7 Å². The first-order valence-electron chi connectivity index (χ1n) is 8.06. The highest BCUT2D eigenvalue weighted by Crippen LogP contribution is 2.26. The van der Waals surface area contributed by atoms with Gasteiger partial charge in [0.05, 0.1) is 18.4 Å². The molecular weight excluding hydrogens is 304 g/mol. The molecule has 0 spiro atoms. The smallest absolute Gasteiger partial charge is 0.227 e. The van der Waals surface area contributed by atoms with Crippen LogP contribution in [-0.2, 0) is 19.9 Å².